The molecule has 10 heteroatoms. The number of nitrogens with zero attached hydrogens (tertiary/aromatic N) is 1. The number of hydrogen-bond donors (Lipinski definition) is 3. The number of aromatic hydroxyl groups is 1. The molecule has 0 bridgehead atoms. The molecule has 0 fully saturated rings. The lowest BCUT2D eigenvalue weighted by Gasteiger charge is -2.28. The number of thiophene rings is 1. The number of halogens is 1. The second-order valence-electron chi connectivity index (χ2n) is 6.68. The summed E-state index contributed by atoms with van der Waals surface area (Å²) in [5.74, 6) is 0.280. The van der Waals surface area contributed by atoms with Gasteiger partial charge in [-0.2, -0.15) is 0 Å². The van der Waals surface area contributed by atoms with Crippen LogP contribution in [-0.2, 0) is 17.7 Å². The van der Waals surface area contributed by atoms with Crippen LogP contribution in [0.4, 0.5) is 9.80 Å². The number of phenolic OH excluding ortho intramolecular Hbond substituents is 1. The van der Waals surface area contributed by atoms with Crippen molar-refractivity contribution in [1.29, 1.82) is 0 Å². The first kappa shape index (κ1) is 20.1. The normalized spacial score (nSPS) is 17.7. The molecule has 4 rings (SSSR count). The maximum atomic E-state index is 12.9. The Labute approximate surface area is 185 Å². The fourth-order valence-corrected chi connectivity index (χ4v) is 5.48. The van der Waals surface area contributed by atoms with Crippen molar-refractivity contribution in [1.82, 2.24) is 10.2 Å². The molecule has 2 amide bonds. The number of ether oxygens (including phenoxy) is 2. The molecule has 29 heavy (non-hydrogen) atoms. The molecule has 154 valence electrons. The second kappa shape index (κ2) is 7.90. The van der Waals surface area contributed by atoms with E-state index in [1.54, 1.807) is 24.0 Å². The van der Waals surface area contributed by atoms with Crippen molar-refractivity contribution in [2.24, 2.45) is 0 Å². The van der Waals surface area contributed by atoms with E-state index < -0.39 is 6.17 Å². The predicted molar refractivity (Wildman–Crippen MR) is 117 cm³/mol. The molecule has 1 aromatic heterocycles. The molecule has 0 saturated carbocycles. The highest BCUT2D eigenvalue weighted by molar-refractivity contribution is 14.1. The summed E-state index contributed by atoms with van der Waals surface area (Å²) in [6.07, 6.45) is -0.158. The van der Waals surface area contributed by atoms with Gasteiger partial charge in [-0.15, -0.1) is 11.3 Å². The number of methoxy groups -OCH3 is 1. The minimum absolute atomic E-state index is 0.0744. The lowest BCUT2D eigenvalue weighted by molar-refractivity contribution is 0.0934. The van der Waals surface area contributed by atoms with Crippen LogP contribution in [0, 0.1) is 3.57 Å². The highest BCUT2D eigenvalue weighted by Gasteiger charge is 2.34. The molecule has 2 aromatic rings. The van der Waals surface area contributed by atoms with Crippen LogP contribution in [0.2, 0.25) is 0 Å². The molecule has 0 saturated heterocycles. The van der Waals surface area contributed by atoms with Crippen molar-refractivity contribution in [2.45, 2.75) is 26.1 Å². The fraction of sp³-hybridized carbons (Fsp3) is 0.368. The third-order valence-electron chi connectivity index (χ3n) is 4.96. The standard InChI is InChI=1S/C19H20IN3O5S/c1-3-28-19(26)23-5-4-10-13(8-23)29-18-14(10)17(25)21-16(22-18)9-6-11(20)15(24)12(7-9)27-2/h6-7,16,22,24H,3-5,8H2,1-2H3,(H,21,25)/t16-/m0/s1. The molecular formula is C19H20IN3O5S. The monoisotopic (exact) mass is 529 g/mol. The van der Waals surface area contributed by atoms with Crippen molar-refractivity contribution < 1.29 is 24.2 Å². The van der Waals surface area contributed by atoms with E-state index in [1.807, 2.05) is 22.6 Å². The predicted octanol–water partition coefficient (Wildman–Crippen LogP) is 3.44. The molecule has 3 heterocycles. The minimum atomic E-state index is -0.445. The zero-order valence-corrected chi connectivity index (χ0v) is 18.8. The van der Waals surface area contributed by atoms with Crippen molar-refractivity contribution in [3.8, 4) is 11.5 Å². The van der Waals surface area contributed by atoms with Crippen LogP contribution in [0.5, 0.6) is 11.5 Å². The molecule has 0 radical (unpaired) electrons. The molecule has 0 spiro atoms. The molecule has 0 unspecified atom stereocenters. The molecule has 3 N–H and O–H groups in total. The molecule has 0 aliphatic carbocycles. The van der Waals surface area contributed by atoms with Crippen molar-refractivity contribution >= 4 is 50.9 Å². The van der Waals surface area contributed by atoms with Gasteiger partial charge in [-0.3, -0.25) is 4.79 Å². The zero-order chi connectivity index (χ0) is 20.7. The van der Waals surface area contributed by atoms with Gasteiger partial charge >= 0.3 is 6.09 Å². The summed E-state index contributed by atoms with van der Waals surface area (Å²) < 4.78 is 11.0. The maximum Gasteiger partial charge on any atom is 0.410 e. The third kappa shape index (κ3) is 3.59. The van der Waals surface area contributed by atoms with E-state index in [2.05, 4.69) is 10.6 Å². The number of phenols is 1. The highest BCUT2D eigenvalue weighted by Crippen LogP contribution is 2.42. The van der Waals surface area contributed by atoms with Gasteiger partial charge in [-0.05, 0) is 59.2 Å². The molecule has 2 aliphatic heterocycles. The van der Waals surface area contributed by atoms with E-state index in [1.165, 1.54) is 18.4 Å². The van der Waals surface area contributed by atoms with Gasteiger partial charge in [0.25, 0.3) is 5.91 Å². The van der Waals surface area contributed by atoms with Crippen LogP contribution in [-0.4, -0.2) is 42.3 Å². The average Bonchev–Trinajstić information content (AvgIpc) is 3.08. The van der Waals surface area contributed by atoms with E-state index in [9.17, 15) is 14.7 Å². The Morgan fingerprint density at radius 3 is 2.93 bits per heavy atom. The number of anilines is 1. The summed E-state index contributed by atoms with van der Waals surface area (Å²) in [4.78, 5) is 27.6. The molecular weight excluding hydrogens is 509 g/mol. The zero-order valence-electron chi connectivity index (χ0n) is 15.9. The van der Waals surface area contributed by atoms with Gasteiger partial charge in [-0.1, -0.05) is 0 Å². The number of amides is 2. The fourth-order valence-electron chi connectivity index (χ4n) is 3.57. The molecule has 1 aromatic carbocycles. The number of carbonyl (C=O) groups is 2. The quantitative estimate of drug-likeness (QED) is 0.527. The van der Waals surface area contributed by atoms with Gasteiger partial charge < -0.3 is 30.1 Å². The van der Waals surface area contributed by atoms with Crippen molar-refractivity contribution in [3.05, 3.63) is 37.3 Å². The van der Waals surface area contributed by atoms with Crippen LogP contribution in [0.1, 0.15) is 39.5 Å². The van der Waals surface area contributed by atoms with Crippen molar-refractivity contribution in [3.63, 3.8) is 0 Å². The Balaban J connectivity index is 1.62. The summed E-state index contributed by atoms with van der Waals surface area (Å²) in [7, 11) is 1.49. The Bertz CT molecular complexity index is 993. The van der Waals surface area contributed by atoms with Crippen molar-refractivity contribution in [2.75, 3.05) is 25.6 Å². The van der Waals surface area contributed by atoms with Gasteiger partial charge in [0.2, 0.25) is 0 Å². The molecule has 8 nitrogen and oxygen atoms in total. The highest BCUT2D eigenvalue weighted by atomic mass is 127. The number of rotatable bonds is 3. The van der Waals surface area contributed by atoms with E-state index in [0.717, 1.165) is 21.0 Å². The SMILES string of the molecule is CCOC(=O)N1CCc2c(sc3c2C(=O)N[C@H](c2cc(I)c(O)c(OC)c2)N3)C1. The van der Waals surface area contributed by atoms with E-state index in [-0.39, 0.29) is 17.7 Å². The smallest absolute Gasteiger partial charge is 0.410 e. The Morgan fingerprint density at radius 2 is 2.21 bits per heavy atom. The van der Waals surface area contributed by atoms with Crippen LogP contribution >= 0.6 is 33.9 Å². The number of nitrogens with one attached hydrogen (secondary N) is 2. The lowest BCUT2D eigenvalue weighted by atomic mass is 10.0. The minimum Gasteiger partial charge on any atom is -0.504 e. The lowest BCUT2D eigenvalue weighted by Crippen LogP contribution is -2.39. The van der Waals surface area contributed by atoms with E-state index >= 15 is 0 Å². The first-order chi connectivity index (χ1) is 13.9. The van der Waals surface area contributed by atoms with Crippen LogP contribution < -0.4 is 15.4 Å². The maximum absolute atomic E-state index is 12.9. The van der Waals surface area contributed by atoms with Gasteiger partial charge in [-0.25, -0.2) is 4.79 Å². The van der Waals surface area contributed by atoms with Gasteiger partial charge in [0, 0.05) is 11.4 Å². The summed E-state index contributed by atoms with van der Waals surface area (Å²) in [5, 5.41) is 17.2. The van der Waals surface area contributed by atoms with E-state index in [0.29, 0.717) is 41.0 Å². The third-order valence-corrected chi connectivity index (χ3v) is 6.94. The summed E-state index contributed by atoms with van der Waals surface area (Å²) in [6, 6.07) is 3.51. The second-order valence-corrected chi connectivity index (χ2v) is 8.95. The summed E-state index contributed by atoms with van der Waals surface area (Å²) in [6.45, 7) is 3.09. The molecule has 2 aliphatic rings. The van der Waals surface area contributed by atoms with Gasteiger partial charge in [0.05, 0.1) is 29.4 Å². The number of benzene rings is 1. The Morgan fingerprint density at radius 1 is 1.41 bits per heavy atom. The van der Waals surface area contributed by atoms with Crippen LogP contribution in [0.25, 0.3) is 0 Å². The number of hydrogen-bond acceptors (Lipinski definition) is 7. The van der Waals surface area contributed by atoms with Gasteiger partial charge in [0.1, 0.15) is 11.2 Å². The number of fused-ring (bicyclic) bond motifs is 3. The summed E-state index contributed by atoms with van der Waals surface area (Å²) in [5.41, 5.74) is 2.43. The van der Waals surface area contributed by atoms with Crippen LogP contribution in [0.3, 0.4) is 0 Å². The largest absolute Gasteiger partial charge is 0.504 e. The molecule has 1 atom stereocenters. The summed E-state index contributed by atoms with van der Waals surface area (Å²) >= 11 is 3.52. The van der Waals surface area contributed by atoms with E-state index in [4.69, 9.17) is 9.47 Å². The first-order valence-electron chi connectivity index (χ1n) is 9.13. The van der Waals surface area contributed by atoms with Crippen LogP contribution in [0.15, 0.2) is 12.1 Å². The average molecular weight is 529 g/mol. The van der Waals surface area contributed by atoms with Gasteiger partial charge in [0.15, 0.2) is 11.5 Å². The first-order valence-corrected chi connectivity index (χ1v) is 11.0. The topological polar surface area (TPSA) is 100 Å². The Hall–Kier alpha value is -2.21. The number of carbonyl (C=O) groups excluding carboxylic acids is 2. The Kier molecular flexibility index (Phi) is 5.47.